The molecule has 0 radical (unpaired) electrons. The van der Waals surface area contributed by atoms with E-state index in [0.717, 1.165) is 18.0 Å². The van der Waals surface area contributed by atoms with Crippen molar-refractivity contribution in [1.29, 1.82) is 0 Å². The summed E-state index contributed by atoms with van der Waals surface area (Å²) in [6, 6.07) is 0.618. The van der Waals surface area contributed by atoms with E-state index in [9.17, 15) is 4.79 Å². The third-order valence-electron chi connectivity index (χ3n) is 2.70. The SMILES string of the molecule is O=C(O)c1csc(CCNC2CCCSC2)n1. The lowest BCUT2D eigenvalue weighted by molar-refractivity contribution is 0.0691. The number of carbonyl (C=O) groups is 1. The molecule has 1 saturated heterocycles. The van der Waals surface area contributed by atoms with E-state index in [0.29, 0.717) is 6.04 Å². The van der Waals surface area contributed by atoms with Crippen LogP contribution < -0.4 is 5.32 Å². The summed E-state index contributed by atoms with van der Waals surface area (Å²) in [4.78, 5) is 14.7. The van der Waals surface area contributed by atoms with Crippen LogP contribution in [0.25, 0.3) is 0 Å². The summed E-state index contributed by atoms with van der Waals surface area (Å²) in [5, 5.41) is 14.8. The molecular formula is C11H16N2O2S2. The molecule has 0 aromatic carbocycles. The smallest absolute Gasteiger partial charge is 0.355 e. The second-order valence-corrected chi connectivity index (χ2v) is 6.14. The van der Waals surface area contributed by atoms with Crippen molar-refractivity contribution in [2.75, 3.05) is 18.1 Å². The Bertz CT molecular complexity index is 375. The van der Waals surface area contributed by atoms with Crippen LogP contribution in [0.15, 0.2) is 5.38 Å². The Hall–Kier alpha value is -0.590. The summed E-state index contributed by atoms with van der Waals surface area (Å²) in [7, 11) is 0. The van der Waals surface area contributed by atoms with Crippen LogP contribution in [0, 0.1) is 0 Å². The van der Waals surface area contributed by atoms with Gasteiger partial charge >= 0.3 is 5.97 Å². The number of hydrogen-bond acceptors (Lipinski definition) is 5. The highest BCUT2D eigenvalue weighted by atomic mass is 32.2. The zero-order valence-corrected chi connectivity index (χ0v) is 11.1. The Morgan fingerprint density at radius 3 is 3.18 bits per heavy atom. The third-order valence-corrected chi connectivity index (χ3v) is 4.83. The average molecular weight is 272 g/mol. The van der Waals surface area contributed by atoms with E-state index in [1.165, 1.54) is 35.7 Å². The van der Waals surface area contributed by atoms with Crippen LogP contribution in [0.3, 0.4) is 0 Å². The topological polar surface area (TPSA) is 62.2 Å². The monoisotopic (exact) mass is 272 g/mol. The molecule has 0 aliphatic carbocycles. The predicted molar refractivity (Wildman–Crippen MR) is 71.1 cm³/mol. The molecule has 1 aromatic heterocycles. The molecule has 0 saturated carbocycles. The molecule has 1 fully saturated rings. The fourth-order valence-corrected chi connectivity index (χ4v) is 3.69. The molecule has 1 atom stereocenters. The second-order valence-electron chi connectivity index (χ2n) is 4.05. The Labute approximate surface area is 109 Å². The van der Waals surface area contributed by atoms with Crippen molar-refractivity contribution in [3.8, 4) is 0 Å². The summed E-state index contributed by atoms with van der Waals surface area (Å²) < 4.78 is 0. The van der Waals surface area contributed by atoms with Gasteiger partial charge in [-0.3, -0.25) is 0 Å². The van der Waals surface area contributed by atoms with Crippen molar-refractivity contribution in [2.45, 2.75) is 25.3 Å². The van der Waals surface area contributed by atoms with Gasteiger partial charge in [0.2, 0.25) is 0 Å². The summed E-state index contributed by atoms with van der Waals surface area (Å²) in [6.07, 6.45) is 3.37. The first kappa shape index (κ1) is 12.9. The fraction of sp³-hybridized carbons (Fsp3) is 0.636. The quantitative estimate of drug-likeness (QED) is 0.857. The first-order chi connectivity index (χ1) is 8.25. The van der Waals surface area contributed by atoms with Gasteiger partial charge < -0.3 is 10.4 Å². The number of carboxylic acids is 1. The van der Waals surface area contributed by atoms with Crippen molar-refractivity contribution < 1.29 is 9.90 Å². The first-order valence-electron chi connectivity index (χ1n) is 5.74. The highest BCUT2D eigenvalue weighted by molar-refractivity contribution is 7.99. The zero-order chi connectivity index (χ0) is 12.1. The van der Waals surface area contributed by atoms with E-state index < -0.39 is 5.97 Å². The molecular weight excluding hydrogens is 256 g/mol. The van der Waals surface area contributed by atoms with E-state index in [1.807, 2.05) is 11.8 Å². The van der Waals surface area contributed by atoms with Crippen molar-refractivity contribution in [3.63, 3.8) is 0 Å². The lowest BCUT2D eigenvalue weighted by atomic mass is 10.2. The predicted octanol–water partition coefficient (Wildman–Crippen LogP) is 1.87. The average Bonchev–Trinajstić information content (AvgIpc) is 2.79. The Morgan fingerprint density at radius 1 is 1.65 bits per heavy atom. The molecule has 1 aliphatic heterocycles. The number of thiazole rings is 1. The second kappa shape index (κ2) is 6.37. The maximum absolute atomic E-state index is 10.7. The van der Waals surface area contributed by atoms with Crippen molar-refractivity contribution >= 4 is 29.1 Å². The summed E-state index contributed by atoms with van der Waals surface area (Å²) in [6.45, 7) is 0.887. The van der Waals surface area contributed by atoms with Gasteiger partial charge in [-0.2, -0.15) is 11.8 Å². The van der Waals surface area contributed by atoms with Gasteiger partial charge in [-0.05, 0) is 18.6 Å². The molecule has 0 spiro atoms. The number of thioether (sulfide) groups is 1. The van der Waals surface area contributed by atoms with Gasteiger partial charge in [-0.25, -0.2) is 9.78 Å². The molecule has 1 aromatic rings. The molecule has 4 nitrogen and oxygen atoms in total. The minimum Gasteiger partial charge on any atom is -0.476 e. The van der Waals surface area contributed by atoms with Gasteiger partial charge in [0.1, 0.15) is 0 Å². The molecule has 2 heterocycles. The fourth-order valence-electron chi connectivity index (χ4n) is 1.81. The van der Waals surface area contributed by atoms with E-state index in [4.69, 9.17) is 5.11 Å². The van der Waals surface area contributed by atoms with Gasteiger partial charge in [0, 0.05) is 30.1 Å². The molecule has 1 aliphatic rings. The Balaban J connectivity index is 1.71. The molecule has 0 amide bonds. The number of hydrogen-bond donors (Lipinski definition) is 2. The lowest BCUT2D eigenvalue weighted by Gasteiger charge is -2.22. The standard InChI is InChI=1S/C11H16N2O2S2/c14-11(15)9-7-17-10(13-9)3-4-12-8-2-1-5-16-6-8/h7-8,12H,1-6H2,(H,14,15). The maximum atomic E-state index is 10.7. The van der Waals surface area contributed by atoms with Gasteiger partial charge in [-0.15, -0.1) is 11.3 Å². The van der Waals surface area contributed by atoms with Crippen LogP contribution in [-0.2, 0) is 6.42 Å². The third kappa shape index (κ3) is 3.97. The molecule has 2 N–H and O–H groups in total. The van der Waals surface area contributed by atoms with Crippen molar-refractivity contribution in [1.82, 2.24) is 10.3 Å². The van der Waals surface area contributed by atoms with Crippen molar-refractivity contribution in [2.24, 2.45) is 0 Å². The van der Waals surface area contributed by atoms with Gasteiger partial charge in [-0.1, -0.05) is 0 Å². The van der Waals surface area contributed by atoms with Crippen molar-refractivity contribution in [3.05, 3.63) is 16.1 Å². The lowest BCUT2D eigenvalue weighted by Crippen LogP contribution is -2.35. The summed E-state index contributed by atoms with van der Waals surface area (Å²) in [5.74, 6) is 1.54. The van der Waals surface area contributed by atoms with Crippen LogP contribution in [0.5, 0.6) is 0 Å². The van der Waals surface area contributed by atoms with E-state index in [1.54, 1.807) is 5.38 Å². The van der Waals surface area contributed by atoms with E-state index in [2.05, 4.69) is 10.3 Å². The van der Waals surface area contributed by atoms with Crippen LogP contribution >= 0.6 is 23.1 Å². The first-order valence-corrected chi connectivity index (χ1v) is 7.78. The minimum atomic E-state index is -0.941. The van der Waals surface area contributed by atoms with Crippen LogP contribution in [-0.4, -0.2) is 40.2 Å². The van der Waals surface area contributed by atoms with E-state index in [-0.39, 0.29) is 5.69 Å². The maximum Gasteiger partial charge on any atom is 0.355 e. The molecule has 1 unspecified atom stereocenters. The Kier molecular flexibility index (Phi) is 4.82. The van der Waals surface area contributed by atoms with Crippen LogP contribution in [0.2, 0.25) is 0 Å². The number of aromatic carboxylic acids is 1. The van der Waals surface area contributed by atoms with Crippen LogP contribution in [0.1, 0.15) is 28.3 Å². The molecule has 6 heteroatoms. The summed E-state index contributed by atoms with van der Waals surface area (Å²) >= 11 is 3.43. The number of carboxylic acid groups (broad SMARTS) is 1. The van der Waals surface area contributed by atoms with Gasteiger partial charge in [0.05, 0.1) is 5.01 Å². The number of nitrogens with one attached hydrogen (secondary N) is 1. The molecule has 94 valence electrons. The molecule has 17 heavy (non-hydrogen) atoms. The number of nitrogens with zero attached hydrogens (tertiary/aromatic N) is 1. The largest absolute Gasteiger partial charge is 0.476 e. The summed E-state index contributed by atoms with van der Waals surface area (Å²) in [5.41, 5.74) is 0.165. The zero-order valence-electron chi connectivity index (χ0n) is 9.52. The molecule has 0 bridgehead atoms. The number of aromatic nitrogens is 1. The van der Waals surface area contributed by atoms with Gasteiger partial charge in [0.25, 0.3) is 0 Å². The van der Waals surface area contributed by atoms with Crippen LogP contribution in [0.4, 0.5) is 0 Å². The normalized spacial score (nSPS) is 20.4. The van der Waals surface area contributed by atoms with Gasteiger partial charge in [0.15, 0.2) is 5.69 Å². The molecule has 2 rings (SSSR count). The highest BCUT2D eigenvalue weighted by Crippen LogP contribution is 2.17. The van der Waals surface area contributed by atoms with E-state index >= 15 is 0 Å². The Morgan fingerprint density at radius 2 is 2.53 bits per heavy atom. The number of rotatable bonds is 5. The minimum absolute atomic E-state index is 0.165. The highest BCUT2D eigenvalue weighted by Gasteiger charge is 2.13.